The number of carbonyl (C=O) groups is 1. The highest BCUT2D eigenvalue weighted by Gasteiger charge is 2.23. The van der Waals surface area contributed by atoms with Crippen LogP contribution in [0.1, 0.15) is 23.3 Å². The van der Waals surface area contributed by atoms with Crippen molar-refractivity contribution in [2.24, 2.45) is 7.05 Å². The molecule has 0 saturated carbocycles. The van der Waals surface area contributed by atoms with Gasteiger partial charge in [-0.1, -0.05) is 0 Å². The molecule has 0 radical (unpaired) electrons. The predicted molar refractivity (Wildman–Crippen MR) is 87.8 cm³/mol. The lowest BCUT2D eigenvalue weighted by molar-refractivity contribution is 0.0925. The number of carbonyl (C=O) groups excluding carboxylic acids is 1. The van der Waals surface area contributed by atoms with Crippen LogP contribution in [-0.2, 0) is 7.05 Å². The Balaban J connectivity index is 1.57. The molecule has 3 heterocycles. The standard InChI is InChI=1S/C15H18BrN5O/c1-20-10-7-18-15(20)21-8-4-11(5-9-21)19-14(22)13-12(16)3-2-6-17-13/h2-3,6-7,10-11H,4-5,8-9H2,1H3,(H,19,22). The van der Waals surface area contributed by atoms with E-state index in [2.05, 4.69) is 36.1 Å². The number of nitrogens with one attached hydrogen (secondary N) is 1. The summed E-state index contributed by atoms with van der Waals surface area (Å²) in [6.07, 6.45) is 7.19. The number of amides is 1. The molecule has 1 aliphatic rings. The molecule has 0 aliphatic carbocycles. The fourth-order valence-corrected chi connectivity index (χ4v) is 3.13. The molecule has 1 amide bonds. The van der Waals surface area contributed by atoms with Crippen LogP contribution in [0.4, 0.5) is 5.95 Å². The van der Waals surface area contributed by atoms with Crippen molar-refractivity contribution in [2.45, 2.75) is 18.9 Å². The van der Waals surface area contributed by atoms with Crippen molar-refractivity contribution in [1.82, 2.24) is 19.9 Å². The fraction of sp³-hybridized carbons (Fsp3) is 0.400. The van der Waals surface area contributed by atoms with E-state index in [0.717, 1.165) is 36.4 Å². The number of aromatic nitrogens is 3. The zero-order valence-corrected chi connectivity index (χ0v) is 14.0. The molecule has 1 fully saturated rings. The van der Waals surface area contributed by atoms with Gasteiger partial charge >= 0.3 is 0 Å². The molecule has 0 aromatic carbocycles. The van der Waals surface area contributed by atoms with E-state index in [-0.39, 0.29) is 11.9 Å². The van der Waals surface area contributed by atoms with E-state index < -0.39 is 0 Å². The Labute approximate surface area is 137 Å². The zero-order valence-electron chi connectivity index (χ0n) is 12.4. The van der Waals surface area contributed by atoms with Crippen molar-refractivity contribution in [3.63, 3.8) is 0 Å². The summed E-state index contributed by atoms with van der Waals surface area (Å²) in [5.74, 6) is 0.861. The molecular formula is C15H18BrN5O. The number of nitrogens with zero attached hydrogens (tertiary/aromatic N) is 4. The average molecular weight is 364 g/mol. The molecule has 1 saturated heterocycles. The molecule has 0 spiro atoms. The van der Waals surface area contributed by atoms with Crippen LogP contribution in [0.15, 0.2) is 35.2 Å². The molecule has 6 nitrogen and oxygen atoms in total. The van der Waals surface area contributed by atoms with Crippen LogP contribution in [0.3, 0.4) is 0 Å². The predicted octanol–water partition coefficient (Wildman–Crippen LogP) is 1.98. The molecule has 2 aromatic heterocycles. The number of halogens is 1. The number of imidazole rings is 1. The molecule has 1 N–H and O–H groups in total. The quantitative estimate of drug-likeness (QED) is 0.905. The van der Waals surface area contributed by atoms with Gasteiger partial charge in [-0.2, -0.15) is 0 Å². The van der Waals surface area contributed by atoms with Gasteiger partial charge < -0.3 is 14.8 Å². The zero-order chi connectivity index (χ0) is 15.5. The SMILES string of the molecule is Cn1ccnc1N1CCC(NC(=O)c2ncccc2Br)CC1. The fourth-order valence-electron chi connectivity index (χ4n) is 2.69. The third-order valence-electron chi connectivity index (χ3n) is 3.88. The van der Waals surface area contributed by atoms with E-state index in [9.17, 15) is 4.79 Å². The Kier molecular flexibility index (Phi) is 4.42. The molecule has 0 atom stereocenters. The summed E-state index contributed by atoms with van der Waals surface area (Å²) in [4.78, 5) is 23.0. The molecule has 3 rings (SSSR count). The first-order chi connectivity index (χ1) is 10.6. The maximum absolute atomic E-state index is 12.3. The lowest BCUT2D eigenvalue weighted by Crippen LogP contribution is -2.45. The van der Waals surface area contributed by atoms with Gasteiger partial charge in [0.2, 0.25) is 5.95 Å². The van der Waals surface area contributed by atoms with E-state index >= 15 is 0 Å². The Morgan fingerprint density at radius 2 is 2.09 bits per heavy atom. The number of hydrogen-bond acceptors (Lipinski definition) is 4. The molecular weight excluding hydrogens is 346 g/mol. The van der Waals surface area contributed by atoms with Gasteiger partial charge in [0.05, 0.1) is 0 Å². The maximum atomic E-state index is 12.3. The summed E-state index contributed by atoms with van der Waals surface area (Å²) in [7, 11) is 1.99. The van der Waals surface area contributed by atoms with Crippen molar-refractivity contribution in [1.29, 1.82) is 0 Å². The summed E-state index contributed by atoms with van der Waals surface area (Å²) < 4.78 is 2.74. The lowest BCUT2D eigenvalue weighted by Gasteiger charge is -2.32. The second-order valence-electron chi connectivity index (χ2n) is 5.41. The number of anilines is 1. The van der Waals surface area contributed by atoms with Crippen molar-refractivity contribution in [3.05, 3.63) is 40.9 Å². The third-order valence-corrected chi connectivity index (χ3v) is 4.52. The van der Waals surface area contributed by atoms with Gasteiger partial charge in [-0.05, 0) is 40.9 Å². The number of hydrogen-bond donors (Lipinski definition) is 1. The number of aryl methyl sites for hydroxylation is 1. The van der Waals surface area contributed by atoms with Crippen molar-refractivity contribution in [2.75, 3.05) is 18.0 Å². The summed E-state index contributed by atoms with van der Waals surface area (Å²) in [5, 5.41) is 3.07. The molecule has 1 aliphatic heterocycles. The van der Waals surface area contributed by atoms with Gasteiger partial charge in [0, 0.05) is 49.2 Å². The molecule has 0 bridgehead atoms. The first kappa shape index (κ1) is 15.0. The lowest BCUT2D eigenvalue weighted by atomic mass is 10.1. The Morgan fingerprint density at radius 3 is 2.73 bits per heavy atom. The summed E-state index contributed by atoms with van der Waals surface area (Å²) in [6.45, 7) is 1.78. The van der Waals surface area contributed by atoms with E-state index in [1.807, 2.05) is 30.1 Å². The summed E-state index contributed by atoms with van der Waals surface area (Å²) in [6, 6.07) is 3.80. The first-order valence-corrected chi connectivity index (χ1v) is 8.08. The van der Waals surface area contributed by atoms with E-state index in [0.29, 0.717) is 5.69 Å². The van der Waals surface area contributed by atoms with Crippen molar-refractivity contribution >= 4 is 27.8 Å². The van der Waals surface area contributed by atoms with Crippen LogP contribution in [0.2, 0.25) is 0 Å². The van der Waals surface area contributed by atoms with E-state index in [1.165, 1.54) is 0 Å². The second kappa shape index (κ2) is 6.48. The minimum absolute atomic E-state index is 0.122. The van der Waals surface area contributed by atoms with E-state index in [4.69, 9.17) is 0 Å². The van der Waals surface area contributed by atoms with Gasteiger partial charge in [0.25, 0.3) is 5.91 Å². The largest absolute Gasteiger partial charge is 0.348 e. The first-order valence-electron chi connectivity index (χ1n) is 7.29. The number of piperidine rings is 1. The van der Waals surface area contributed by atoms with Crippen LogP contribution in [0, 0.1) is 0 Å². The third kappa shape index (κ3) is 3.14. The van der Waals surface area contributed by atoms with Gasteiger partial charge in [-0.3, -0.25) is 4.79 Å². The molecule has 7 heteroatoms. The van der Waals surface area contributed by atoms with Crippen LogP contribution >= 0.6 is 15.9 Å². The normalized spacial score (nSPS) is 15.8. The Morgan fingerprint density at radius 1 is 1.32 bits per heavy atom. The van der Waals surface area contributed by atoms with Gasteiger partial charge in [0.15, 0.2) is 0 Å². The van der Waals surface area contributed by atoms with Crippen LogP contribution in [0.5, 0.6) is 0 Å². The minimum atomic E-state index is -0.122. The molecule has 0 unspecified atom stereocenters. The molecule has 116 valence electrons. The van der Waals surface area contributed by atoms with Gasteiger partial charge in [0.1, 0.15) is 5.69 Å². The highest BCUT2D eigenvalue weighted by atomic mass is 79.9. The molecule has 2 aromatic rings. The Hall–Kier alpha value is -1.89. The van der Waals surface area contributed by atoms with Gasteiger partial charge in [-0.25, -0.2) is 9.97 Å². The summed E-state index contributed by atoms with van der Waals surface area (Å²) in [5.41, 5.74) is 0.439. The number of rotatable bonds is 3. The van der Waals surface area contributed by atoms with Crippen LogP contribution in [-0.4, -0.2) is 39.6 Å². The average Bonchev–Trinajstić information content (AvgIpc) is 2.94. The smallest absolute Gasteiger partial charge is 0.271 e. The monoisotopic (exact) mass is 363 g/mol. The summed E-state index contributed by atoms with van der Waals surface area (Å²) >= 11 is 3.36. The van der Waals surface area contributed by atoms with Crippen LogP contribution in [0.25, 0.3) is 0 Å². The molecule has 22 heavy (non-hydrogen) atoms. The number of pyridine rings is 1. The van der Waals surface area contributed by atoms with Crippen LogP contribution < -0.4 is 10.2 Å². The van der Waals surface area contributed by atoms with Crippen molar-refractivity contribution < 1.29 is 4.79 Å². The Bertz CT molecular complexity index is 663. The van der Waals surface area contributed by atoms with Gasteiger partial charge in [-0.15, -0.1) is 0 Å². The second-order valence-corrected chi connectivity index (χ2v) is 6.26. The highest BCUT2D eigenvalue weighted by Crippen LogP contribution is 2.18. The highest BCUT2D eigenvalue weighted by molar-refractivity contribution is 9.10. The maximum Gasteiger partial charge on any atom is 0.271 e. The van der Waals surface area contributed by atoms with E-state index in [1.54, 1.807) is 12.3 Å². The van der Waals surface area contributed by atoms with Crippen molar-refractivity contribution in [3.8, 4) is 0 Å². The minimum Gasteiger partial charge on any atom is -0.348 e. The topological polar surface area (TPSA) is 63.1 Å².